The number of rotatable bonds is 2. The van der Waals surface area contributed by atoms with Crippen molar-refractivity contribution in [2.45, 2.75) is 19.9 Å². The van der Waals surface area contributed by atoms with Gasteiger partial charge in [0.05, 0.1) is 17.3 Å². The van der Waals surface area contributed by atoms with Gasteiger partial charge in [-0.25, -0.2) is 0 Å². The van der Waals surface area contributed by atoms with E-state index in [2.05, 4.69) is 24.2 Å². The average Bonchev–Trinajstić information content (AvgIpc) is 2.66. The lowest BCUT2D eigenvalue weighted by molar-refractivity contribution is -0.108. The first kappa shape index (κ1) is 14.3. The number of fused-ring (bicyclic) bond motifs is 1. The van der Waals surface area contributed by atoms with E-state index in [1.807, 2.05) is 24.3 Å². The Morgan fingerprint density at radius 1 is 1.33 bits per heavy atom. The van der Waals surface area contributed by atoms with Crippen LogP contribution in [0.25, 0.3) is 0 Å². The topological polar surface area (TPSA) is 41.5 Å². The number of nitrogens with one attached hydrogen (secondary N) is 1. The van der Waals surface area contributed by atoms with E-state index < -0.39 is 0 Å². The van der Waals surface area contributed by atoms with Gasteiger partial charge in [0.2, 0.25) is 0 Å². The summed E-state index contributed by atoms with van der Waals surface area (Å²) in [5.74, 6) is 0. The van der Waals surface area contributed by atoms with Gasteiger partial charge in [-0.2, -0.15) is 0 Å². The van der Waals surface area contributed by atoms with E-state index in [1.165, 1.54) is 10.4 Å². The van der Waals surface area contributed by atoms with E-state index in [4.69, 9.17) is 11.6 Å². The fourth-order valence-corrected chi connectivity index (χ4v) is 3.67. The molecule has 0 spiro atoms. The van der Waals surface area contributed by atoms with Gasteiger partial charge >= 0.3 is 0 Å². The summed E-state index contributed by atoms with van der Waals surface area (Å²) >= 11 is 7.64. The third-order valence-electron chi connectivity index (χ3n) is 3.67. The normalized spacial score (nSPS) is 17.5. The number of carbonyl (C=O) groups excluding carboxylic acids is 1. The number of nitrogens with zero attached hydrogens (tertiary/aromatic N) is 1. The van der Waals surface area contributed by atoms with Crippen molar-refractivity contribution in [2.24, 2.45) is 4.99 Å². The van der Waals surface area contributed by atoms with Gasteiger partial charge in [-0.1, -0.05) is 23.7 Å². The second-order valence-corrected chi connectivity index (χ2v) is 6.73. The standard InChI is InChI=1S/C16H15ClN2OS/c1-9-10(2)21-16-14(9)15(18-7-13(8-20)19-16)11-3-5-12(17)6-4-11/h3-6,8,13,19H,7H2,1-2H3. The van der Waals surface area contributed by atoms with Crippen LogP contribution >= 0.6 is 22.9 Å². The van der Waals surface area contributed by atoms with E-state index in [-0.39, 0.29) is 6.04 Å². The molecule has 108 valence electrons. The summed E-state index contributed by atoms with van der Waals surface area (Å²) in [7, 11) is 0. The van der Waals surface area contributed by atoms with E-state index >= 15 is 0 Å². The molecule has 0 saturated carbocycles. The molecule has 0 radical (unpaired) electrons. The fourth-order valence-electron chi connectivity index (χ4n) is 2.42. The van der Waals surface area contributed by atoms with Crippen molar-refractivity contribution in [1.82, 2.24) is 0 Å². The maximum atomic E-state index is 11.2. The molecule has 0 amide bonds. The molecule has 1 aliphatic rings. The zero-order valence-electron chi connectivity index (χ0n) is 11.8. The highest BCUT2D eigenvalue weighted by Crippen LogP contribution is 2.36. The Morgan fingerprint density at radius 3 is 2.71 bits per heavy atom. The van der Waals surface area contributed by atoms with Gasteiger partial charge < -0.3 is 10.1 Å². The number of carbonyl (C=O) groups is 1. The summed E-state index contributed by atoms with van der Waals surface area (Å²) in [5, 5.41) is 5.02. The van der Waals surface area contributed by atoms with Crippen LogP contribution in [0.4, 0.5) is 5.00 Å². The minimum atomic E-state index is -0.272. The molecule has 1 unspecified atom stereocenters. The van der Waals surface area contributed by atoms with Crippen LogP contribution in [0.2, 0.25) is 5.02 Å². The Labute approximate surface area is 132 Å². The molecule has 0 fully saturated rings. The molecule has 3 rings (SSSR count). The number of aldehydes is 1. The van der Waals surface area contributed by atoms with Crippen molar-refractivity contribution in [1.29, 1.82) is 0 Å². The first-order valence-corrected chi connectivity index (χ1v) is 7.92. The van der Waals surface area contributed by atoms with Crippen LogP contribution in [0.15, 0.2) is 29.3 Å². The van der Waals surface area contributed by atoms with E-state index in [1.54, 1.807) is 11.3 Å². The van der Waals surface area contributed by atoms with Crippen LogP contribution in [0.5, 0.6) is 0 Å². The van der Waals surface area contributed by atoms with Crippen molar-refractivity contribution in [2.75, 3.05) is 11.9 Å². The molecule has 0 saturated heterocycles. The lowest BCUT2D eigenvalue weighted by Crippen LogP contribution is -2.22. The molecule has 21 heavy (non-hydrogen) atoms. The zero-order valence-corrected chi connectivity index (χ0v) is 13.4. The predicted molar refractivity (Wildman–Crippen MR) is 89.2 cm³/mol. The number of aliphatic imine (C=N–C) groups is 1. The number of benzene rings is 1. The SMILES string of the molecule is Cc1sc2c(c1C)C(c1ccc(Cl)cc1)=NCC(C=O)N2. The Morgan fingerprint density at radius 2 is 2.05 bits per heavy atom. The van der Waals surface area contributed by atoms with Crippen molar-refractivity contribution in [3.63, 3.8) is 0 Å². The van der Waals surface area contributed by atoms with Crippen LogP contribution in [0.3, 0.4) is 0 Å². The van der Waals surface area contributed by atoms with Gasteiger partial charge in [0.15, 0.2) is 0 Å². The van der Waals surface area contributed by atoms with E-state index in [0.717, 1.165) is 28.1 Å². The van der Waals surface area contributed by atoms with Crippen LogP contribution < -0.4 is 5.32 Å². The van der Waals surface area contributed by atoms with Crippen molar-refractivity contribution in [3.05, 3.63) is 50.9 Å². The summed E-state index contributed by atoms with van der Waals surface area (Å²) in [5.41, 5.74) is 4.27. The highest BCUT2D eigenvalue weighted by molar-refractivity contribution is 7.16. The third kappa shape index (κ3) is 2.61. The summed E-state index contributed by atoms with van der Waals surface area (Å²) < 4.78 is 0. The lowest BCUT2D eigenvalue weighted by atomic mass is 10.00. The summed E-state index contributed by atoms with van der Waals surface area (Å²) in [6, 6.07) is 7.40. The van der Waals surface area contributed by atoms with Gasteiger partial charge in [-0.15, -0.1) is 11.3 Å². The maximum absolute atomic E-state index is 11.2. The molecule has 1 atom stereocenters. The van der Waals surface area contributed by atoms with Crippen LogP contribution in [0, 0.1) is 13.8 Å². The van der Waals surface area contributed by atoms with Gasteiger partial charge in [0.1, 0.15) is 12.3 Å². The lowest BCUT2D eigenvalue weighted by Gasteiger charge is -2.08. The Kier molecular flexibility index (Phi) is 3.83. The molecular weight excluding hydrogens is 304 g/mol. The molecule has 2 heterocycles. The highest BCUT2D eigenvalue weighted by Gasteiger charge is 2.24. The van der Waals surface area contributed by atoms with Crippen molar-refractivity contribution < 1.29 is 4.79 Å². The van der Waals surface area contributed by atoms with Gasteiger partial charge in [-0.3, -0.25) is 4.99 Å². The molecule has 1 aromatic carbocycles. The molecule has 5 heteroatoms. The van der Waals surface area contributed by atoms with Crippen molar-refractivity contribution >= 4 is 39.9 Å². The molecule has 1 aromatic heterocycles. The molecule has 3 nitrogen and oxygen atoms in total. The Balaban J connectivity index is 2.17. The number of aryl methyl sites for hydroxylation is 1. The minimum absolute atomic E-state index is 0.272. The second kappa shape index (κ2) is 5.62. The van der Waals surface area contributed by atoms with Crippen LogP contribution in [0.1, 0.15) is 21.6 Å². The van der Waals surface area contributed by atoms with E-state index in [0.29, 0.717) is 11.6 Å². The Hall–Kier alpha value is -1.65. The monoisotopic (exact) mass is 318 g/mol. The number of hydrogen-bond donors (Lipinski definition) is 1. The smallest absolute Gasteiger partial charge is 0.144 e. The predicted octanol–water partition coefficient (Wildman–Crippen LogP) is 3.85. The van der Waals surface area contributed by atoms with Crippen molar-refractivity contribution in [3.8, 4) is 0 Å². The van der Waals surface area contributed by atoms with Crippen LogP contribution in [-0.4, -0.2) is 24.6 Å². The quantitative estimate of drug-likeness (QED) is 0.855. The summed E-state index contributed by atoms with van der Waals surface area (Å²) in [4.78, 5) is 17.1. The minimum Gasteiger partial charge on any atom is -0.365 e. The molecule has 1 N–H and O–H groups in total. The largest absolute Gasteiger partial charge is 0.365 e. The first-order valence-electron chi connectivity index (χ1n) is 6.72. The Bertz CT molecular complexity index is 719. The molecule has 2 aromatic rings. The molecular formula is C16H15ClN2OS. The second-order valence-electron chi connectivity index (χ2n) is 5.07. The molecule has 0 bridgehead atoms. The number of anilines is 1. The van der Waals surface area contributed by atoms with Crippen LogP contribution in [-0.2, 0) is 4.79 Å². The highest BCUT2D eigenvalue weighted by atomic mass is 35.5. The number of halogens is 1. The average molecular weight is 319 g/mol. The number of hydrogen-bond acceptors (Lipinski definition) is 4. The van der Waals surface area contributed by atoms with Gasteiger partial charge in [0.25, 0.3) is 0 Å². The fraction of sp³-hybridized carbons (Fsp3) is 0.250. The zero-order chi connectivity index (χ0) is 15.0. The third-order valence-corrected chi connectivity index (χ3v) is 5.06. The molecule has 0 aliphatic carbocycles. The summed E-state index contributed by atoms with van der Waals surface area (Å²) in [6.45, 7) is 4.63. The van der Waals surface area contributed by atoms with Gasteiger partial charge in [0, 0.05) is 21.0 Å². The summed E-state index contributed by atoms with van der Waals surface area (Å²) in [6.07, 6.45) is 0.919. The first-order chi connectivity index (χ1) is 10.1. The van der Waals surface area contributed by atoms with E-state index in [9.17, 15) is 4.79 Å². The molecule has 1 aliphatic heterocycles. The maximum Gasteiger partial charge on any atom is 0.144 e. The number of thiophene rings is 1. The van der Waals surface area contributed by atoms with Gasteiger partial charge in [-0.05, 0) is 31.5 Å².